The van der Waals surface area contributed by atoms with Gasteiger partial charge in [0.1, 0.15) is 5.82 Å². The van der Waals surface area contributed by atoms with E-state index in [1.165, 1.54) is 31.4 Å². The van der Waals surface area contributed by atoms with E-state index in [1.54, 1.807) is 0 Å². The summed E-state index contributed by atoms with van der Waals surface area (Å²) in [5, 5.41) is 14.7. The third kappa shape index (κ3) is 2.91. The number of nitrogens with zero attached hydrogens (tertiary/aromatic N) is 1. The van der Waals surface area contributed by atoms with Crippen LogP contribution in [0.4, 0.5) is 10.1 Å². The molecule has 0 bridgehead atoms. The molecule has 110 valence electrons. The van der Waals surface area contributed by atoms with Crippen molar-refractivity contribution in [2.45, 2.75) is 44.2 Å². The number of carbonyl (C=O) groups excluding carboxylic acids is 1. The Balaban J connectivity index is 1.66. The Hall–Kier alpha value is -1.93. The van der Waals surface area contributed by atoms with Crippen molar-refractivity contribution in [3.05, 3.63) is 29.6 Å². The maximum absolute atomic E-state index is 13.8. The molecule has 3 rings (SSSR count). The van der Waals surface area contributed by atoms with Gasteiger partial charge >= 0.3 is 0 Å². The first-order chi connectivity index (χ1) is 10.2. The Morgan fingerprint density at radius 2 is 2.19 bits per heavy atom. The summed E-state index contributed by atoms with van der Waals surface area (Å²) >= 11 is 0. The van der Waals surface area contributed by atoms with Crippen LogP contribution in [0.5, 0.6) is 0 Å². The lowest BCUT2D eigenvalue weighted by Gasteiger charge is -2.24. The number of anilines is 1. The lowest BCUT2D eigenvalue weighted by Crippen LogP contribution is -2.40. The molecular weight excluding hydrogens is 269 g/mol. The van der Waals surface area contributed by atoms with Gasteiger partial charge < -0.3 is 10.6 Å². The van der Waals surface area contributed by atoms with E-state index in [9.17, 15) is 9.18 Å². The first-order valence-corrected chi connectivity index (χ1v) is 7.44. The highest BCUT2D eigenvalue weighted by Crippen LogP contribution is 2.33. The van der Waals surface area contributed by atoms with Crippen LogP contribution in [0.25, 0.3) is 0 Å². The number of nitrogens with one attached hydrogen (secondary N) is 2. The molecule has 5 heteroatoms. The highest BCUT2D eigenvalue weighted by Gasteiger charge is 2.38. The summed E-state index contributed by atoms with van der Waals surface area (Å²) in [6.07, 6.45) is 5.58. The standard InChI is InChI=1S/C16H18FN3O/c17-12-7-10(9-18)5-6-14(12)20-16(21)15-8-11-3-1-2-4-13(11)19-15/h5-7,11,13,15,19H,1-4,8H2,(H,20,21). The average molecular weight is 287 g/mol. The van der Waals surface area contributed by atoms with E-state index in [1.807, 2.05) is 6.07 Å². The summed E-state index contributed by atoms with van der Waals surface area (Å²) in [4.78, 5) is 12.3. The van der Waals surface area contributed by atoms with Crippen LogP contribution in [0.1, 0.15) is 37.7 Å². The van der Waals surface area contributed by atoms with Gasteiger partial charge in [0.15, 0.2) is 0 Å². The molecule has 4 nitrogen and oxygen atoms in total. The van der Waals surface area contributed by atoms with Gasteiger partial charge in [-0.05, 0) is 43.4 Å². The third-order valence-corrected chi connectivity index (χ3v) is 4.54. The monoisotopic (exact) mass is 287 g/mol. The van der Waals surface area contributed by atoms with Gasteiger partial charge in [-0.2, -0.15) is 5.26 Å². The van der Waals surface area contributed by atoms with Crippen LogP contribution in [0.2, 0.25) is 0 Å². The molecule has 3 atom stereocenters. The maximum atomic E-state index is 13.8. The average Bonchev–Trinajstić information content (AvgIpc) is 2.93. The van der Waals surface area contributed by atoms with E-state index in [-0.39, 0.29) is 23.2 Å². The zero-order valence-corrected chi connectivity index (χ0v) is 11.7. The van der Waals surface area contributed by atoms with Crippen molar-refractivity contribution in [3.8, 4) is 6.07 Å². The Morgan fingerprint density at radius 3 is 2.90 bits per heavy atom. The number of hydrogen-bond donors (Lipinski definition) is 2. The lowest BCUT2D eigenvalue weighted by atomic mass is 9.85. The van der Waals surface area contributed by atoms with Crippen molar-refractivity contribution in [3.63, 3.8) is 0 Å². The summed E-state index contributed by atoms with van der Waals surface area (Å²) in [5.74, 6) is -0.189. The predicted molar refractivity (Wildman–Crippen MR) is 77.0 cm³/mol. The van der Waals surface area contributed by atoms with Crippen LogP contribution in [0, 0.1) is 23.1 Å². The fourth-order valence-corrected chi connectivity index (χ4v) is 3.43. The molecule has 2 N–H and O–H groups in total. The largest absolute Gasteiger partial charge is 0.322 e. The first-order valence-electron chi connectivity index (χ1n) is 7.44. The fraction of sp³-hybridized carbons (Fsp3) is 0.500. The molecule has 1 aromatic carbocycles. The van der Waals surface area contributed by atoms with Gasteiger partial charge in [-0.1, -0.05) is 12.8 Å². The summed E-state index contributed by atoms with van der Waals surface area (Å²) in [7, 11) is 0. The Labute approximate surface area is 123 Å². The van der Waals surface area contributed by atoms with E-state index in [2.05, 4.69) is 10.6 Å². The Kier molecular flexibility index (Phi) is 3.89. The molecule has 1 aromatic rings. The molecule has 1 aliphatic carbocycles. The number of fused-ring (bicyclic) bond motifs is 1. The molecular formula is C16H18FN3O. The fourth-order valence-electron chi connectivity index (χ4n) is 3.43. The zero-order valence-electron chi connectivity index (χ0n) is 11.7. The van der Waals surface area contributed by atoms with Crippen molar-refractivity contribution >= 4 is 11.6 Å². The molecule has 2 aliphatic rings. The van der Waals surface area contributed by atoms with Crippen LogP contribution in [0.15, 0.2) is 18.2 Å². The molecule has 1 aliphatic heterocycles. The van der Waals surface area contributed by atoms with Gasteiger partial charge in [-0.25, -0.2) is 4.39 Å². The second-order valence-corrected chi connectivity index (χ2v) is 5.90. The SMILES string of the molecule is N#Cc1ccc(NC(=O)C2CC3CCCCC3N2)c(F)c1. The van der Waals surface area contributed by atoms with Crippen molar-refractivity contribution in [1.29, 1.82) is 5.26 Å². The highest BCUT2D eigenvalue weighted by molar-refractivity contribution is 5.95. The van der Waals surface area contributed by atoms with E-state index < -0.39 is 5.82 Å². The summed E-state index contributed by atoms with van der Waals surface area (Å²) < 4.78 is 13.8. The topological polar surface area (TPSA) is 64.9 Å². The molecule has 0 radical (unpaired) electrons. The minimum atomic E-state index is -0.571. The van der Waals surface area contributed by atoms with Gasteiger partial charge in [0.2, 0.25) is 5.91 Å². The molecule has 2 fully saturated rings. The first kappa shape index (κ1) is 14.0. The van der Waals surface area contributed by atoms with Crippen LogP contribution < -0.4 is 10.6 Å². The maximum Gasteiger partial charge on any atom is 0.241 e. The third-order valence-electron chi connectivity index (χ3n) is 4.54. The summed E-state index contributed by atoms with van der Waals surface area (Å²) in [6, 6.07) is 6.14. The highest BCUT2D eigenvalue weighted by atomic mass is 19.1. The van der Waals surface area contributed by atoms with E-state index in [4.69, 9.17) is 5.26 Å². The Morgan fingerprint density at radius 1 is 1.38 bits per heavy atom. The predicted octanol–water partition coefficient (Wildman–Crippen LogP) is 2.56. The molecule has 21 heavy (non-hydrogen) atoms. The van der Waals surface area contributed by atoms with Gasteiger partial charge in [-0.15, -0.1) is 0 Å². The van der Waals surface area contributed by atoms with Crippen molar-refractivity contribution in [2.24, 2.45) is 5.92 Å². The number of hydrogen-bond acceptors (Lipinski definition) is 3. The van der Waals surface area contributed by atoms with Crippen LogP contribution in [0.3, 0.4) is 0 Å². The number of nitriles is 1. The van der Waals surface area contributed by atoms with Crippen LogP contribution in [-0.2, 0) is 4.79 Å². The number of carbonyl (C=O) groups is 1. The summed E-state index contributed by atoms with van der Waals surface area (Å²) in [5.41, 5.74) is 0.381. The molecule has 1 saturated carbocycles. The van der Waals surface area contributed by atoms with Gasteiger partial charge in [0.05, 0.1) is 23.4 Å². The molecule has 0 spiro atoms. The second-order valence-electron chi connectivity index (χ2n) is 5.90. The van der Waals surface area contributed by atoms with Gasteiger partial charge in [0, 0.05) is 6.04 Å². The molecule has 1 saturated heterocycles. The van der Waals surface area contributed by atoms with E-state index in [0.29, 0.717) is 12.0 Å². The Bertz CT molecular complexity index is 582. The normalized spacial score (nSPS) is 27.7. The lowest BCUT2D eigenvalue weighted by molar-refractivity contribution is -0.117. The van der Waals surface area contributed by atoms with E-state index in [0.717, 1.165) is 18.9 Å². The van der Waals surface area contributed by atoms with Crippen molar-refractivity contribution in [1.82, 2.24) is 5.32 Å². The van der Waals surface area contributed by atoms with Crippen molar-refractivity contribution < 1.29 is 9.18 Å². The number of rotatable bonds is 2. The second kappa shape index (κ2) is 5.82. The van der Waals surface area contributed by atoms with Crippen LogP contribution in [-0.4, -0.2) is 18.0 Å². The summed E-state index contributed by atoms with van der Waals surface area (Å²) in [6.45, 7) is 0. The molecule has 3 unspecified atom stereocenters. The quantitative estimate of drug-likeness (QED) is 0.878. The van der Waals surface area contributed by atoms with Gasteiger partial charge in [0.25, 0.3) is 0 Å². The smallest absolute Gasteiger partial charge is 0.241 e. The minimum absolute atomic E-state index is 0.135. The number of amides is 1. The van der Waals surface area contributed by atoms with Crippen molar-refractivity contribution in [2.75, 3.05) is 5.32 Å². The molecule has 1 heterocycles. The molecule has 0 aromatic heterocycles. The number of benzene rings is 1. The minimum Gasteiger partial charge on any atom is -0.322 e. The zero-order chi connectivity index (χ0) is 14.8. The van der Waals surface area contributed by atoms with E-state index >= 15 is 0 Å². The molecule has 1 amide bonds. The van der Waals surface area contributed by atoms with Crippen LogP contribution >= 0.6 is 0 Å². The van der Waals surface area contributed by atoms with Gasteiger partial charge in [-0.3, -0.25) is 4.79 Å². The number of halogens is 1.